The fourth-order valence-corrected chi connectivity index (χ4v) is 7.55. The SMILES string of the molecule is Cc1cc(Cl)c(O[C@@H]2CCN(c3ncc(C[C@H](CNC(=O)OC(C)(C)C)C(=O)N(Cc4cccc(Cl)c4Cl)C4CC4)s3)C2)c(Cl)c1C. The Morgan fingerprint density at radius 2 is 1.85 bits per heavy atom. The van der Waals surface area contributed by atoms with Gasteiger partial charge in [-0.3, -0.25) is 4.79 Å². The molecule has 5 rings (SSSR count). The van der Waals surface area contributed by atoms with Crippen molar-refractivity contribution >= 4 is 74.9 Å². The second-order valence-electron chi connectivity index (χ2n) is 13.2. The largest absolute Gasteiger partial charge is 0.485 e. The smallest absolute Gasteiger partial charge is 0.407 e. The standard InChI is InChI=1S/C34H40Cl4N4O4S/c1-19-13-27(36)30(28(37)20(19)2)45-24-11-12-41(18-24)32-39-16-25(47-32)14-22(15-40-33(44)46-34(3,4)5)31(43)42(23-9-10-23)17-21-7-6-8-26(35)29(21)38/h6-8,13,16,22-24H,9-12,14-15,17-18H2,1-5H3,(H,40,44)/t22-,24-/m1/s1. The van der Waals surface area contributed by atoms with Gasteiger partial charge in [0.15, 0.2) is 10.9 Å². The molecule has 1 aliphatic carbocycles. The zero-order chi connectivity index (χ0) is 34.0. The van der Waals surface area contributed by atoms with E-state index in [-0.39, 0.29) is 24.6 Å². The van der Waals surface area contributed by atoms with Gasteiger partial charge < -0.3 is 24.6 Å². The van der Waals surface area contributed by atoms with Gasteiger partial charge in [0.2, 0.25) is 5.91 Å². The molecule has 0 unspecified atom stereocenters. The van der Waals surface area contributed by atoms with E-state index in [1.54, 1.807) is 26.8 Å². The Kier molecular flexibility index (Phi) is 11.4. The Bertz CT molecular complexity index is 1620. The molecule has 13 heteroatoms. The maximum absolute atomic E-state index is 14.2. The van der Waals surface area contributed by atoms with Crippen molar-refractivity contribution in [1.82, 2.24) is 15.2 Å². The molecule has 3 aromatic rings. The Hall–Kier alpha value is -2.43. The third-order valence-corrected chi connectivity index (χ3v) is 10.9. The molecular weight excluding hydrogens is 702 g/mol. The van der Waals surface area contributed by atoms with Crippen LogP contribution in [0.2, 0.25) is 20.1 Å². The van der Waals surface area contributed by atoms with Gasteiger partial charge in [-0.25, -0.2) is 9.78 Å². The summed E-state index contributed by atoms with van der Waals surface area (Å²) in [4.78, 5) is 36.5. The highest BCUT2D eigenvalue weighted by Crippen LogP contribution is 2.39. The lowest BCUT2D eigenvalue weighted by Crippen LogP contribution is -2.44. The van der Waals surface area contributed by atoms with Crippen LogP contribution >= 0.6 is 57.7 Å². The molecule has 2 atom stereocenters. The minimum absolute atomic E-state index is 0.0636. The molecular formula is C34H40Cl4N4O4S. The predicted molar refractivity (Wildman–Crippen MR) is 191 cm³/mol. The van der Waals surface area contributed by atoms with Gasteiger partial charge in [-0.2, -0.15) is 0 Å². The molecule has 1 aliphatic heterocycles. The zero-order valence-corrected chi connectivity index (χ0v) is 31.0. The molecule has 1 N–H and O–H groups in total. The van der Waals surface area contributed by atoms with E-state index in [1.165, 1.54) is 11.3 Å². The number of rotatable bonds is 11. The fourth-order valence-electron chi connectivity index (χ4n) is 5.49. The van der Waals surface area contributed by atoms with E-state index in [4.69, 9.17) is 60.9 Å². The molecule has 2 amide bonds. The third-order valence-electron chi connectivity index (χ3n) is 8.25. The van der Waals surface area contributed by atoms with Gasteiger partial charge in [0, 0.05) is 43.2 Å². The predicted octanol–water partition coefficient (Wildman–Crippen LogP) is 8.91. The highest BCUT2D eigenvalue weighted by Gasteiger charge is 2.37. The van der Waals surface area contributed by atoms with E-state index in [0.29, 0.717) is 45.4 Å². The average Bonchev–Trinajstić information content (AvgIpc) is 3.54. The van der Waals surface area contributed by atoms with Crippen molar-refractivity contribution in [1.29, 1.82) is 0 Å². The summed E-state index contributed by atoms with van der Waals surface area (Å²) in [6.07, 6.45) is 4.17. The van der Waals surface area contributed by atoms with E-state index < -0.39 is 17.6 Å². The summed E-state index contributed by atoms with van der Waals surface area (Å²) in [6, 6.07) is 7.43. The van der Waals surface area contributed by atoms with Gasteiger partial charge in [-0.15, -0.1) is 11.3 Å². The number of hydrogen-bond donors (Lipinski definition) is 1. The number of anilines is 1. The fraction of sp³-hybridized carbons (Fsp3) is 0.500. The number of hydrogen-bond acceptors (Lipinski definition) is 7. The van der Waals surface area contributed by atoms with E-state index in [2.05, 4.69) is 10.2 Å². The number of amides is 2. The number of alkyl carbamates (subject to hydrolysis) is 1. The van der Waals surface area contributed by atoms with Crippen LogP contribution in [0.3, 0.4) is 0 Å². The second kappa shape index (κ2) is 15.0. The summed E-state index contributed by atoms with van der Waals surface area (Å²) in [5.41, 5.74) is 2.09. The highest BCUT2D eigenvalue weighted by atomic mass is 35.5. The first-order valence-corrected chi connectivity index (χ1v) is 18.0. The van der Waals surface area contributed by atoms with Crippen molar-refractivity contribution in [3.63, 3.8) is 0 Å². The zero-order valence-electron chi connectivity index (χ0n) is 27.2. The Balaban J connectivity index is 1.29. The lowest BCUT2D eigenvalue weighted by Gasteiger charge is -2.28. The minimum atomic E-state index is -0.661. The number of ether oxygens (including phenoxy) is 2. The third kappa shape index (κ3) is 9.18. The summed E-state index contributed by atoms with van der Waals surface area (Å²) in [5, 5.41) is 5.60. The lowest BCUT2D eigenvalue weighted by molar-refractivity contribution is -0.136. The number of halogens is 4. The van der Waals surface area contributed by atoms with Crippen LogP contribution < -0.4 is 15.0 Å². The van der Waals surface area contributed by atoms with Crippen molar-refractivity contribution in [2.24, 2.45) is 5.92 Å². The van der Waals surface area contributed by atoms with Crippen molar-refractivity contribution < 1.29 is 19.1 Å². The topological polar surface area (TPSA) is 84.0 Å². The van der Waals surface area contributed by atoms with Gasteiger partial charge in [-0.1, -0.05) is 58.5 Å². The van der Waals surface area contributed by atoms with E-state index in [1.807, 2.05) is 43.1 Å². The van der Waals surface area contributed by atoms with Gasteiger partial charge in [0.05, 0.1) is 32.6 Å². The molecule has 47 heavy (non-hydrogen) atoms. The number of carbonyl (C=O) groups is 2. The number of nitrogens with one attached hydrogen (secondary N) is 1. The van der Waals surface area contributed by atoms with Crippen LogP contribution in [0.5, 0.6) is 5.75 Å². The molecule has 2 aliphatic rings. The van der Waals surface area contributed by atoms with Crippen LogP contribution in [-0.2, 0) is 22.5 Å². The number of aryl methyl sites for hydroxylation is 1. The summed E-state index contributed by atoms with van der Waals surface area (Å²) < 4.78 is 11.7. The summed E-state index contributed by atoms with van der Waals surface area (Å²) >= 11 is 27.4. The van der Waals surface area contributed by atoms with Crippen LogP contribution in [0, 0.1) is 19.8 Å². The quantitative estimate of drug-likeness (QED) is 0.211. The molecule has 2 heterocycles. The monoisotopic (exact) mass is 740 g/mol. The number of nitrogens with zero attached hydrogens (tertiary/aromatic N) is 3. The molecule has 1 aromatic heterocycles. The second-order valence-corrected chi connectivity index (χ2v) is 15.9. The van der Waals surface area contributed by atoms with Gasteiger partial charge in [0.1, 0.15) is 11.7 Å². The number of aromatic nitrogens is 1. The normalized spacial score (nSPS) is 17.0. The Labute approximate surface area is 300 Å². The molecule has 1 saturated heterocycles. The maximum Gasteiger partial charge on any atom is 0.407 e. The van der Waals surface area contributed by atoms with Crippen LogP contribution in [0.4, 0.5) is 9.93 Å². The molecule has 8 nitrogen and oxygen atoms in total. The van der Waals surface area contributed by atoms with Crippen LogP contribution in [0.25, 0.3) is 0 Å². The first-order chi connectivity index (χ1) is 22.2. The van der Waals surface area contributed by atoms with Crippen molar-refractivity contribution in [3.8, 4) is 5.75 Å². The molecule has 2 aromatic carbocycles. The number of benzene rings is 2. The minimum Gasteiger partial charge on any atom is -0.485 e. The first kappa shape index (κ1) is 35.9. The molecule has 1 saturated carbocycles. The van der Waals surface area contributed by atoms with Crippen molar-refractivity contribution in [2.45, 2.75) is 84.6 Å². The van der Waals surface area contributed by atoms with Crippen LogP contribution in [0.15, 0.2) is 30.5 Å². The molecule has 0 bridgehead atoms. The highest BCUT2D eigenvalue weighted by molar-refractivity contribution is 7.15. The molecule has 254 valence electrons. The molecule has 2 fully saturated rings. The summed E-state index contributed by atoms with van der Waals surface area (Å²) in [5.74, 6) is -0.0920. The van der Waals surface area contributed by atoms with Gasteiger partial charge >= 0.3 is 6.09 Å². The van der Waals surface area contributed by atoms with Gasteiger partial charge in [0.25, 0.3) is 0 Å². The number of thiazole rings is 1. The summed E-state index contributed by atoms with van der Waals surface area (Å²) in [6.45, 7) is 11.2. The Morgan fingerprint density at radius 1 is 1.11 bits per heavy atom. The van der Waals surface area contributed by atoms with Crippen LogP contribution in [-0.4, -0.2) is 59.3 Å². The van der Waals surface area contributed by atoms with Crippen molar-refractivity contribution in [3.05, 3.63) is 72.1 Å². The number of carbonyl (C=O) groups excluding carboxylic acids is 2. The van der Waals surface area contributed by atoms with Gasteiger partial charge in [-0.05, 0) is 82.7 Å². The lowest BCUT2D eigenvalue weighted by atomic mass is 10.0. The van der Waals surface area contributed by atoms with Crippen molar-refractivity contribution in [2.75, 3.05) is 24.5 Å². The maximum atomic E-state index is 14.2. The summed E-state index contributed by atoms with van der Waals surface area (Å²) in [7, 11) is 0. The van der Waals surface area contributed by atoms with Crippen LogP contribution in [0.1, 0.15) is 61.6 Å². The van der Waals surface area contributed by atoms with E-state index in [9.17, 15) is 9.59 Å². The van der Waals surface area contributed by atoms with E-state index >= 15 is 0 Å². The molecule has 0 radical (unpaired) electrons. The molecule has 0 spiro atoms. The average molecular weight is 743 g/mol. The first-order valence-electron chi connectivity index (χ1n) is 15.7. The van der Waals surface area contributed by atoms with E-state index in [0.717, 1.165) is 52.5 Å². The Morgan fingerprint density at radius 3 is 2.55 bits per heavy atom.